The van der Waals surface area contributed by atoms with E-state index >= 15 is 0 Å². The maximum Gasteiger partial charge on any atom is 0.160 e. The topological polar surface area (TPSA) is 48.5 Å². The molecular weight excluding hydrogens is 514 g/mol. The molecular formula is C37H23N5. The number of rotatable bonds is 3. The molecule has 0 radical (unpaired) electrons. The highest BCUT2D eigenvalue weighted by molar-refractivity contribution is 6.22. The van der Waals surface area contributed by atoms with Crippen molar-refractivity contribution < 1.29 is 0 Å². The summed E-state index contributed by atoms with van der Waals surface area (Å²) in [6.45, 7) is 0. The molecule has 0 spiro atoms. The van der Waals surface area contributed by atoms with Crippen molar-refractivity contribution in [2.45, 2.75) is 0 Å². The Hall–Kier alpha value is -5.81. The third-order valence-corrected chi connectivity index (χ3v) is 8.27. The van der Waals surface area contributed by atoms with Crippen LogP contribution in [0.2, 0.25) is 0 Å². The summed E-state index contributed by atoms with van der Waals surface area (Å²) in [6.07, 6.45) is 7.37. The van der Waals surface area contributed by atoms with Crippen LogP contribution in [-0.2, 0) is 0 Å². The number of hydrogen-bond donors (Lipinski definition) is 0. The summed E-state index contributed by atoms with van der Waals surface area (Å²) in [4.78, 5) is 13.7. The van der Waals surface area contributed by atoms with E-state index in [1.54, 1.807) is 12.4 Å². The summed E-state index contributed by atoms with van der Waals surface area (Å²) in [7, 11) is 0. The van der Waals surface area contributed by atoms with E-state index in [1.807, 2.05) is 24.5 Å². The Balaban J connectivity index is 1.38. The van der Waals surface area contributed by atoms with Crippen molar-refractivity contribution in [3.8, 4) is 22.8 Å². The minimum atomic E-state index is 0.659. The lowest BCUT2D eigenvalue weighted by molar-refractivity contribution is 1.08. The third-order valence-electron chi connectivity index (χ3n) is 8.27. The molecule has 0 N–H and O–H groups in total. The molecule has 4 aromatic heterocycles. The van der Waals surface area contributed by atoms with E-state index in [1.165, 1.54) is 43.4 Å². The van der Waals surface area contributed by atoms with E-state index < -0.39 is 0 Å². The van der Waals surface area contributed by atoms with Gasteiger partial charge in [-0.1, -0.05) is 66.7 Å². The molecule has 42 heavy (non-hydrogen) atoms. The highest BCUT2D eigenvalue weighted by atomic mass is 15.0. The van der Waals surface area contributed by atoms with Crippen molar-refractivity contribution >= 4 is 54.4 Å². The van der Waals surface area contributed by atoms with Gasteiger partial charge in [-0.3, -0.25) is 4.98 Å². The summed E-state index contributed by atoms with van der Waals surface area (Å²) in [5.74, 6) is 0.659. The molecule has 196 valence electrons. The van der Waals surface area contributed by atoms with Crippen LogP contribution >= 0.6 is 0 Å². The summed E-state index contributed by atoms with van der Waals surface area (Å²) < 4.78 is 4.68. The predicted octanol–water partition coefficient (Wildman–Crippen LogP) is 8.89. The molecule has 0 atom stereocenters. The Morgan fingerprint density at radius 1 is 0.452 bits per heavy atom. The number of fused-ring (bicyclic) bond motifs is 8. The van der Waals surface area contributed by atoms with Crippen LogP contribution in [0.4, 0.5) is 0 Å². The second kappa shape index (κ2) is 8.85. The number of para-hydroxylation sites is 3. The summed E-state index contributed by atoms with van der Waals surface area (Å²) in [5, 5.41) is 7.31. The number of benzene rings is 5. The van der Waals surface area contributed by atoms with Gasteiger partial charge >= 0.3 is 0 Å². The van der Waals surface area contributed by atoms with E-state index in [0.29, 0.717) is 5.82 Å². The van der Waals surface area contributed by atoms with Gasteiger partial charge in [0.2, 0.25) is 0 Å². The van der Waals surface area contributed by atoms with Crippen LogP contribution in [-0.4, -0.2) is 24.1 Å². The molecule has 0 fully saturated rings. The van der Waals surface area contributed by atoms with E-state index in [0.717, 1.165) is 28.0 Å². The zero-order valence-corrected chi connectivity index (χ0v) is 22.5. The first-order valence-corrected chi connectivity index (χ1v) is 14.0. The van der Waals surface area contributed by atoms with Crippen LogP contribution < -0.4 is 0 Å². The molecule has 0 saturated heterocycles. The molecule has 4 heterocycles. The molecule has 5 heteroatoms. The van der Waals surface area contributed by atoms with Crippen LogP contribution in [0.5, 0.6) is 0 Å². The lowest BCUT2D eigenvalue weighted by Crippen LogP contribution is -1.98. The van der Waals surface area contributed by atoms with Gasteiger partial charge in [0, 0.05) is 50.6 Å². The zero-order valence-electron chi connectivity index (χ0n) is 22.5. The second-order valence-corrected chi connectivity index (χ2v) is 10.6. The van der Waals surface area contributed by atoms with Crippen molar-refractivity contribution in [2.24, 2.45) is 0 Å². The summed E-state index contributed by atoms with van der Waals surface area (Å²) >= 11 is 0. The Morgan fingerprint density at radius 2 is 1.17 bits per heavy atom. The Labute approximate surface area is 241 Å². The molecule has 0 saturated carbocycles. The van der Waals surface area contributed by atoms with Crippen LogP contribution in [0.1, 0.15) is 0 Å². The Kier molecular flexibility index (Phi) is 4.83. The average molecular weight is 538 g/mol. The smallest absolute Gasteiger partial charge is 0.160 e. The first-order chi connectivity index (χ1) is 20.8. The fourth-order valence-corrected chi connectivity index (χ4v) is 6.45. The van der Waals surface area contributed by atoms with Crippen LogP contribution in [0.25, 0.3) is 77.1 Å². The molecule has 9 rings (SSSR count). The molecule has 5 nitrogen and oxygen atoms in total. The average Bonchev–Trinajstić information content (AvgIpc) is 3.57. The second-order valence-electron chi connectivity index (χ2n) is 10.6. The van der Waals surface area contributed by atoms with E-state index in [9.17, 15) is 0 Å². The van der Waals surface area contributed by atoms with Crippen molar-refractivity contribution in [3.63, 3.8) is 0 Å². The maximum atomic E-state index is 4.74. The number of hydrogen-bond acceptors (Lipinski definition) is 3. The van der Waals surface area contributed by atoms with Crippen molar-refractivity contribution in [1.29, 1.82) is 0 Å². The van der Waals surface area contributed by atoms with Crippen molar-refractivity contribution in [2.75, 3.05) is 0 Å². The molecule has 0 aliphatic heterocycles. The third kappa shape index (κ3) is 3.28. The maximum absolute atomic E-state index is 4.74. The normalized spacial score (nSPS) is 11.8. The molecule has 5 aromatic carbocycles. The molecule has 9 aromatic rings. The molecule has 0 bridgehead atoms. The minimum Gasteiger partial charge on any atom is -0.309 e. The number of nitrogens with zero attached hydrogens (tertiary/aromatic N) is 5. The highest BCUT2D eigenvalue weighted by Crippen LogP contribution is 2.40. The van der Waals surface area contributed by atoms with Gasteiger partial charge in [-0.25, -0.2) is 9.97 Å². The SMILES string of the molecule is c1ccc(-n2c3ccccc3c3ccc4cc5c6ccccc6n(-c6cnc(-c7cccnc7)nc6)c5cc4c32)cc1. The molecule has 0 amide bonds. The van der Waals surface area contributed by atoms with Gasteiger partial charge in [-0.15, -0.1) is 0 Å². The van der Waals surface area contributed by atoms with E-state index in [-0.39, 0.29) is 0 Å². The van der Waals surface area contributed by atoms with Gasteiger partial charge in [-0.2, -0.15) is 0 Å². The highest BCUT2D eigenvalue weighted by Gasteiger charge is 2.18. The van der Waals surface area contributed by atoms with Crippen LogP contribution in [0.15, 0.2) is 140 Å². The fourth-order valence-electron chi connectivity index (χ4n) is 6.45. The number of aromatic nitrogens is 5. The van der Waals surface area contributed by atoms with Crippen LogP contribution in [0.3, 0.4) is 0 Å². The van der Waals surface area contributed by atoms with E-state index in [4.69, 9.17) is 9.97 Å². The minimum absolute atomic E-state index is 0.659. The fraction of sp³-hybridized carbons (Fsp3) is 0. The van der Waals surface area contributed by atoms with Gasteiger partial charge < -0.3 is 9.13 Å². The zero-order chi connectivity index (χ0) is 27.6. The largest absolute Gasteiger partial charge is 0.309 e. The van der Waals surface area contributed by atoms with Crippen molar-refractivity contribution in [1.82, 2.24) is 24.1 Å². The summed E-state index contributed by atoms with van der Waals surface area (Å²) in [5.41, 5.74) is 7.63. The standard InChI is InChI=1S/C37H23N5/c1-2-10-26(11-3-1)42-34-15-7-4-12-28(34)30-17-16-24-19-32-29-13-5-6-14-33(29)41(35(32)20-31(24)36(30)42)27-22-39-37(40-23-27)25-9-8-18-38-21-25/h1-23H. The van der Waals surface area contributed by atoms with Gasteiger partial charge in [0.1, 0.15) is 0 Å². The van der Waals surface area contributed by atoms with Crippen molar-refractivity contribution in [3.05, 3.63) is 140 Å². The first kappa shape index (κ1) is 22.9. The molecule has 0 aliphatic rings. The Morgan fingerprint density at radius 3 is 1.93 bits per heavy atom. The monoisotopic (exact) mass is 537 g/mol. The lowest BCUT2D eigenvalue weighted by atomic mass is 10.0. The van der Waals surface area contributed by atoms with Gasteiger partial charge in [0.15, 0.2) is 5.82 Å². The quantitative estimate of drug-likeness (QED) is 0.226. The van der Waals surface area contributed by atoms with E-state index in [2.05, 4.69) is 117 Å². The van der Waals surface area contributed by atoms with Gasteiger partial charge in [-0.05, 0) is 53.9 Å². The van der Waals surface area contributed by atoms with Gasteiger partial charge in [0.05, 0.1) is 40.1 Å². The first-order valence-electron chi connectivity index (χ1n) is 14.0. The van der Waals surface area contributed by atoms with Gasteiger partial charge in [0.25, 0.3) is 0 Å². The predicted molar refractivity (Wildman–Crippen MR) is 171 cm³/mol. The molecule has 0 unspecified atom stereocenters. The summed E-state index contributed by atoms with van der Waals surface area (Å²) in [6, 6.07) is 41.0. The molecule has 0 aliphatic carbocycles. The Bertz CT molecular complexity index is 2440. The lowest BCUT2D eigenvalue weighted by Gasteiger charge is -2.11. The van der Waals surface area contributed by atoms with Crippen LogP contribution in [0, 0.1) is 0 Å². The number of pyridine rings is 1.